The normalized spacial score (nSPS) is 21.6. The zero-order valence-corrected chi connectivity index (χ0v) is 12.7. The van der Waals surface area contributed by atoms with Crippen molar-refractivity contribution in [2.75, 3.05) is 13.2 Å². The topological polar surface area (TPSA) is 53.4 Å². The molecule has 1 aliphatic rings. The molecule has 0 spiro atoms. The molecule has 1 N–H and O–H groups in total. The number of hydrogen-bond acceptors (Lipinski definition) is 3. The summed E-state index contributed by atoms with van der Waals surface area (Å²) in [7, 11) is 0. The number of aliphatic hydroxyl groups is 1. The van der Waals surface area contributed by atoms with Crippen LogP contribution in [0.5, 0.6) is 0 Å². The van der Waals surface area contributed by atoms with E-state index in [2.05, 4.69) is 30.7 Å². The number of aromatic nitrogens is 1. The number of amides is 1. The van der Waals surface area contributed by atoms with Crippen LogP contribution < -0.4 is 0 Å². The van der Waals surface area contributed by atoms with Gasteiger partial charge >= 0.3 is 0 Å². The first-order valence-electron chi connectivity index (χ1n) is 7.50. The smallest absolute Gasteiger partial charge is 0.272 e. The fourth-order valence-corrected chi connectivity index (χ4v) is 2.58. The lowest BCUT2D eigenvalue weighted by Gasteiger charge is -2.37. The van der Waals surface area contributed by atoms with E-state index in [0.717, 1.165) is 18.5 Å². The Morgan fingerprint density at radius 2 is 2.29 bits per heavy atom. The molecule has 1 aromatic heterocycles. The maximum Gasteiger partial charge on any atom is 0.272 e. The summed E-state index contributed by atoms with van der Waals surface area (Å²) in [5.74, 6) is 6.29. The number of likely N-dealkylation sites (tertiary alicyclic amines) is 1. The van der Waals surface area contributed by atoms with Gasteiger partial charge in [0, 0.05) is 30.8 Å². The zero-order chi connectivity index (χ0) is 15.2. The largest absolute Gasteiger partial charge is 0.395 e. The van der Waals surface area contributed by atoms with Crippen LogP contribution in [0.4, 0.5) is 0 Å². The van der Waals surface area contributed by atoms with Crippen LogP contribution in [0, 0.1) is 17.8 Å². The number of aliphatic hydroxyl groups excluding tert-OH is 1. The van der Waals surface area contributed by atoms with Gasteiger partial charge in [0.25, 0.3) is 5.91 Å². The van der Waals surface area contributed by atoms with Crippen molar-refractivity contribution in [1.29, 1.82) is 0 Å². The molecule has 1 fully saturated rings. The average molecular weight is 286 g/mol. The van der Waals surface area contributed by atoms with Gasteiger partial charge in [0.05, 0.1) is 6.61 Å². The average Bonchev–Trinajstić information content (AvgIpc) is 2.50. The number of piperidine rings is 1. The highest BCUT2D eigenvalue weighted by Gasteiger charge is 2.29. The van der Waals surface area contributed by atoms with E-state index in [9.17, 15) is 4.79 Å². The van der Waals surface area contributed by atoms with E-state index in [1.165, 1.54) is 6.42 Å². The lowest BCUT2D eigenvalue weighted by Crippen LogP contribution is -2.46. The molecule has 0 aromatic carbocycles. The molecule has 112 valence electrons. The number of rotatable bonds is 2. The van der Waals surface area contributed by atoms with Gasteiger partial charge in [-0.25, -0.2) is 4.98 Å². The Bertz CT molecular complexity index is 542. The monoisotopic (exact) mass is 286 g/mol. The van der Waals surface area contributed by atoms with Gasteiger partial charge in [0.15, 0.2) is 0 Å². The molecule has 0 aliphatic carbocycles. The second-order valence-corrected chi connectivity index (χ2v) is 5.57. The fourth-order valence-electron chi connectivity index (χ4n) is 2.58. The number of pyridine rings is 1. The molecule has 4 heteroatoms. The van der Waals surface area contributed by atoms with Gasteiger partial charge in [-0.1, -0.05) is 18.8 Å². The second-order valence-electron chi connectivity index (χ2n) is 5.57. The van der Waals surface area contributed by atoms with Crippen molar-refractivity contribution in [3.63, 3.8) is 0 Å². The van der Waals surface area contributed by atoms with Crippen molar-refractivity contribution in [2.24, 2.45) is 5.92 Å². The minimum Gasteiger partial charge on any atom is -0.395 e. The van der Waals surface area contributed by atoms with Crippen LogP contribution in [0.2, 0.25) is 0 Å². The molecule has 0 radical (unpaired) electrons. The summed E-state index contributed by atoms with van der Waals surface area (Å²) in [4.78, 5) is 18.7. The Morgan fingerprint density at radius 3 is 2.95 bits per heavy atom. The minimum absolute atomic E-state index is 0.00363. The highest BCUT2D eigenvalue weighted by molar-refractivity contribution is 5.92. The van der Waals surface area contributed by atoms with Gasteiger partial charge in [0.2, 0.25) is 0 Å². The van der Waals surface area contributed by atoms with E-state index in [1.807, 2.05) is 11.0 Å². The summed E-state index contributed by atoms with van der Waals surface area (Å²) in [6, 6.07) is 3.80. The van der Waals surface area contributed by atoms with Gasteiger partial charge < -0.3 is 10.0 Å². The van der Waals surface area contributed by atoms with Crippen molar-refractivity contribution in [1.82, 2.24) is 9.88 Å². The van der Waals surface area contributed by atoms with E-state index in [1.54, 1.807) is 12.3 Å². The molecule has 0 saturated carbocycles. The lowest BCUT2D eigenvalue weighted by molar-refractivity contribution is 0.0545. The molecule has 2 heterocycles. The van der Waals surface area contributed by atoms with Gasteiger partial charge in [-0.05, 0) is 37.8 Å². The molecule has 21 heavy (non-hydrogen) atoms. The predicted molar refractivity (Wildman–Crippen MR) is 81.7 cm³/mol. The quantitative estimate of drug-likeness (QED) is 0.847. The van der Waals surface area contributed by atoms with Crippen LogP contribution in [0.25, 0.3) is 0 Å². The lowest BCUT2D eigenvalue weighted by atomic mass is 9.92. The van der Waals surface area contributed by atoms with E-state index in [4.69, 9.17) is 5.11 Å². The van der Waals surface area contributed by atoms with E-state index in [-0.39, 0.29) is 18.6 Å². The maximum atomic E-state index is 12.5. The number of hydrogen-bond donors (Lipinski definition) is 1. The number of carbonyl (C=O) groups excluding carboxylic acids is 1. The first-order chi connectivity index (χ1) is 10.1. The third-order valence-electron chi connectivity index (χ3n) is 4.09. The zero-order valence-electron chi connectivity index (χ0n) is 12.7. The summed E-state index contributed by atoms with van der Waals surface area (Å²) < 4.78 is 0. The van der Waals surface area contributed by atoms with Crippen molar-refractivity contribution in [3.8, 4) is 11.8 Å². The predicted octanol–water partition coefficient (Wildman–Crippen LogP) is 2.08. The van der Waals surface area contributed by atoms with Crippen molar-refractivity contribution in [3.05, 3.63) is 29.6 Å². The summed E-state index contributed by atoms with van der Waals surface area (Å²) in [5, 5.41) is 8.68. The maximum absolute atomic E-state index is 12.5. The highest BCUT2D eigenvalue weighted by Crippen LogP contribution is 2.24. The third-order valence-corrected chi connectivity index (χ3v) is 4.09. The Labute approximate surface area is 126 Å². The highest BCUT2D eigenvalue weighted by atomic mass is 16.2. The SMILES string of the molecule is CC1CCCN(C(=O)c2ccc(C#CCCO)cn2)C1C. The van der Waals surface area contributed by atoms with Gasteiger partial charge in [0.1, 0.15) is 5.69 Å². The van der Waals surface area contributed by atoms with Gasteiger partial charge in [-0.2, -0.15) is 0 Å². The molecule has 2 rings (SSSR count). The van der Waals surface area contributed by atoms with E-state index < -0.39 is 0 Å². The molecular weight excluding hydrogens is 264 g/mol. The van der Waals surface area contributed by atoms with Crippen LogP contribution in [-0.4, -0.2) is 40.1 Å². The second kappa shape index (κ2) is 7.24. The Kier molecular flexibility index (Phi) is 5.35. The molecule has 1 saturated heterocycles. The first-order valence-corrected chi connectivity index (χ1v) is 7.50. The summed E-state index contributed by atoms with van der Waals surface area (Å²) >= 11 is 0. The molecule has 1 aliphatic heterocycles. The van der Waals surface area contributed by atoms with Crippen LogP contribution in [0.15, 0.2) is 18.3 Å². The van der Waals surface area contributed by atoms with Crippen molar-refractivity contribution in [2.45, 2.75) is 39.2 Å². The van der Waals surface area contributed by atoms with Crippen LogP contribution in [-0.2, 0) is 0 Å². The van der Waals surface area contributed by atoms with E-state index >= 15 is 0 Å². The molecule has 1 amide bonds. The van der Waals surface area contributed by atoms with Gasteiger partial charge in [-0.15, -0.1) is 0 Å². The van der Waals surface area contributed by atoms with Crippen LogP contribution in [0.3, 0.4) is 0 Å². The molecule has 2 atom stereocenters. The molecular formula is C17H22N2O2. The fraction of sp³-hybridized carbons (Fsp3) is 0.529. The standard InChI is InChI=1S/C17H22N2O2/c1-13-6-5-10-19(14(13)2)17(21)16-9-8-15(12-18-16)7-3-4-11-20/h8-9,12-14,20H,4-6,10-11H2,1-2H3. The molecule has 0 bridgehead atoms. The summed E-state index contributed by atoms with van der Waals surface area (Å²) in [6.45, 7) is 5.17. The van der Waals surface area contributed by atoms with E-state index in [0.29, 0.717) is 18.0 Å². The molecule has 2 unspecified atom stereocenters. The number of nitrogens with zero attached hydrogens (tertiary/aromatic N) is 2. The third kappa shape index (κ3) is 3.83. The minimum atomic E-state index is 0.00363. The molecule has 1 aromatic rings. The van der Waals surface area contributed by atoms with Crippen molar-refractivity contribution < 1.29 is 9.90 Å². The summed E-state index contributed by atoms with van der Waals surface area (Å²) in [6.07, 6.45) is 4.30. The summed E-state index contributed by atoms with van der Waals surface area (Å²) in [5.41, 5.74) is 1.24. The van der Waals surface area contributed by atoms with Gasteiger partial charge in [-0.3, -0.25) is 4.79 Å². The Hall–Kier alpha value is -1.86. The first kappa shape index (κ1) is 15.5. The number of carbonyl (C=O) groups is 1. The molecule has 4 nitrogen and oxygen atoms in total. The van der Waals surface area contributed by atoms with Crippen LogP contribution in [0.1, 0.15) is 49.2 Å². The Balaban J connectivity index is 2.08. The van der Waals surface area contributed by atoms with Crippen LogP contribution >= 0.6 is 0 Å². The Morgan fingerprint density at radius 1 is 1.48 bits per heavy atom. The van der Waals surface area contributed by atoms with Crippen molar-refractivity contribution >= 4 is 5.91 Å².